The van der Waals surface area contributed by atoms with E-state index in [1.165, 1.54) is 11.4 Å². The first kappa shape index (κ1) is 24.6. The number of carbonyl (C=O) groups is 3. The van der Waals surface area contributed by atoms with Crippen LogP contribution in [0.25, 0.3) is 0 Å². The molecular weight excluding hydrogens is 455 g/mol. The fourth-order valence-electron chi connectivity index (χ4n) is 3.80. The van der Waals surface area contributed by atoms with Crippen molar-refractivity contribution in [2.24, 2.45) is 0 Å². The van der Waals surface area contributed by atoms with Gasteiger partial charge in [-0.3, -0.25) is 4.79 Å². The number of aromatic amines is 1. The van der Waals surface area contributed by atoms with Crippen LogP contribution in [-0.4, -0.2) is 62.2 Å². The number of piperidine rings is 1. The van der Waals surface area contributed by atoms with Gasteiger partial charge >= 0.3 is 11.9 Å². The van der Waals surface area contributed by atoms with Gasteiger partial charge in [0.25, 0.3) is 0 Å². The summed E-state index contributed by atoms with van der Waals surface area (Å²) >= 11 is 0. The Labute approximate surface area is 190 Å². The third-order valence-corrected chi connectivity index (χ3v) is 7.45. The SMILES string of the molecule is COC(=O)c1c(C)[nH]c(C(=O)COC(=O)c2ccc(F)c(S(=O)(=O)N3CCCCC3)c2)c1C. The fourth-order valence-corrected chi connectivity index (χ4v) is 5.40. The first-order chi connectivity index (χ1) is 15.6. The maximum atomic E-state index is 14.3. The first-order valence-corrected chi connectivity index (χ1v) is 11.8. The summed E-state index contributed by atoms with van der Waals surface area (Å²) in [6.45, 7) is 3.07. The molecule has 0 spiro atoms. The van der Waals surface area contributed by atoms with Crippen LogP contribution in [-0.2, 0) is 19.5 Å². The van der Waals surface area contributed by atoms with Crippen LogP contribution in [0.3, 0.4) is 0 Å². The number of methoxy groups -OCH3 is 1. The van der Waals surface area contributed by atoms with E-state index in [0.717, 1.165) is 24.6 Å². The van der Waals surface area contributed by atoms with E-state index < -0.39 is 45.1 Å². The Hall–Kier alpha value is -3.05. The summed E-state index contributed by atoms with van der Waals surface area (Å²) in [7, 11) is -2.88. The van der Waals surface area contributed by atoms with Crippen molar-refractivity contribution in [3.8, 4) is 0 Å². The second-order valence-corrected chi connectivity index (χ2v) is 9.63. The summed E-state index contributed by atoms with van der Waals surface area (Å²) in [5, 5.41) is 0. The molecule has 0 radical (unpaired) electrons. The second-order valence-electron chi connectivity index (χ2n) is 7.73. The molecule has 9 nitrogen and oxygen atoms in total. The maximum Gasteiger partial charge on any atom is 0.339 e. The molecule has 0 atom stereocenters. The topological polar surface area (TPSA) is 123 Å². The Morgan fingerprint density at radius 1 is 1.09 bits per heavy atom. The van der Waals surface area contributed by atoms with E-state index in [1.807, 2.05) is 0 Å². The van der Waals surface area contributed by atoms with Crippen molar-refractivity contribution < 1.29 is 36.7 Å². The van der Waals surface area contributed by atoms with Crippen molar-refractivity contribution in [1.82, 2.24) is 9.29 Å². The number of rotatable bonds is 7. The summed E-state index contributed by atoms with van der Waals surface area (Å²) in [6, 6.07) is 2.90. The number of carbonyl (C=O) groups excluding carboxylic acids is 3. The molecule has 1 N–H and O–H groups in total. The van der Waals surface area contributed by atoms with Gasteiger partial charge in [-0.05, 0) is 50.5 Å². The second kappa shape index (κ2) is 9.84. The lowest BCUT2D eigenvalue weighted by molar-refractivity contribution is 0.0472. The highest BCUT2D eigenvalue weighted by atomic mass is 32.2. The molecule has 0 aliphatic carbocycles. The minimum Gasteiger partial charge on any atom is -0.465 e. The molecule has 178 valence electrons. The van der Waals surface area contributed by atoms with Crippen molar-refractivity contribution in [2.45, 2.75) is 38.0 Å². The summed E-state index contributed by atoms with van der Waals surface area (Å²) < 4.78 is 50.9. The number of Topliss-reactive ketones (excluding diaryl/α,β-unsaturated/α-hetero) is 1. The number of nitrogens with zero attached hydrogens (tertiary/aromatic N) is 1. The molecule has 11 heteroatoms. The minimum absolute atomic E-state index is 0.0909. The van der Waals surface area contributed by atoms with Gasteiger partial charge in [0, 0.05) is 18.8 Å². The van der Waals surface area contributed by atoms with Crippen LogP contribution < -0.4 is 0 Å². The van der Waals surface area contributed by atoms with Gasteiger partial charge in [-0.1, -0.05) is 6.42 Å². The number of hydrogen-bond acceptors (Lipinski definition) is 7. The first-order valence-electron chi connectivity index (χ1n) is 10.4. The Morgan fingerprint density at radius 2 is 1.76 bits per heavy atom. The van der Waals surface area contributed by atoms with E-state index in [4.69, 9.17) is 9.47 Å². The molecule has 2 aromatic rings. The molecule has 3 rings (SSSR count). The van der Waals surface area contributed by atoms with Crippen molar-refractivity contribution >= 4 is 27.7 Å². The fraction of sp³-hybridized carbons (Fsp3) is 0.409. The predicted octanol–water partition coefficient (Wildman–Crippen LogP) is 2.77. The van der Waals surface area contributed by atoms with Crippen LogP contribution in [0.5, 0.6) is 0 Å². The monoisotopic (exact) mass is 480 g/mol. The lowest BCUT2D eigenvalue weighted by atomic mass is 10.1. The van der Waals surface area contributed by atoms with Crippen LogP contribution >= 0.6 is 0 Å². The summed E-state index contributed by atoms with van der Waals surface area (Å²) in [5.41, 5.74) is 0.901. The van der Waals surface area contributed by atoms with Crippen LogP contribution in [0.4, 0.5) is 4.39 Å². The van der Waals surface area contributed by atoms with Gasteiger partial charge in [0.05, 0.1) is 23.9 Å². The molecule has 1 aliphatic heterocycles. The number of H-pyrrole nitrogens is 1. The number of sulfonamides is 1. The number of nitrogens with one attached hydrogen (secondary N) is 1. The standard InChI is InChI=1S/C22H25FN2O7S/c1-13-19(22(28)31-3)14(2)24-20(13)17(26)12-32-21(27)15-7-8-16(23)18(11-15)33(29,30)25-9-5-4-6-10-25/h7-8,11,24H,4-6,9-10,12H2,1-3H3. The quantitative estimate of drug-likeness (QED) is 0.477. The molecular formula is C22H25FN2O7S. The largest absolute Gasteiger partial charge is 0.465 e. The Bertz CT molecular complexity index is 1200. The number of esters is 2. The number of aryl methyl sites for hydroxylation is 1. The Kier molecular flexibility index (Phi) is 7.33. The van der Waals surface area contributed by atoms with E-state index in [2.05, 4.69) is 4.98 Å². The molecule has 1 aromatic heterocycles. The average molecular weight is 481 g/mol. The lowest BCUT2D eigenvalue weighted by Gasteiger charge is -2.26. The number of hydrogen-bond donors (Lipinski definition) is 1. The smallest absolute Gasteiger partial charge is 0.339 e. The van der Waals surface area contributed by atoms with E-state index >= 15 is 0 Å². The van der Waals surface area contributed by atoms with Gasteiger partial charge < -0.3 is 14.5 Å². The van der Waals surface area contributed by atoms with E-state index in [-0.39, 0.29) is 29.9 Å². The highest BCUT2D eigenvalue weighted by Crippen LogP contribution is 2.24. The van der Waals surface area contributed by atoms with Gasteiger partial charge in [-0.25, -0.2) is 22.4 Å². The van der Waals surface area contributed by atoms with Crippen molar-refractivity contribution in [3.05, 3.63) is 52.1 Å². The van der Waals surface area contributed by atoms with Gasteiger partial charge in [0.1, 0.15) is 10.7 Å². The third-order valence-electron chi connectivity index (χ3n) is 5.54. The summed E-state index contributed by atoms with van der Waals surface area (Å²) in [4.78, 5) is 39.1. The summed E-state index contributed by atoms with van der Waals surface area (Å²) in [6.07, 6.45) is 2.26. The van der Waals surface area contributed by atoms with E-state index in [9.17, 15) is 27.2 Å². The zero-order valence-electron chi connectivity index (χ0n) is 18.6. The molecule has 0 amide bonds. The van der Waals surface area contributed by atoms with Gasteiger partial charge in [-0.15, -0.1) is 0 Å². The van der Waals surface area contributed by atoms with Crippen molar-refractivity contribution in [3.63, 3.8) is 0 Å². The molecule has 33 heavy (non-hydrogen) atoms. The van der Waals surface area contributed by atoms with Crippen LogP contribution in [0.2, 0.25) is 0 Å². The predicted molar refractivity (Wildman–Crippen MR) is 115 cm³/mol. The number of aromatic nitrogens is 1. The highest BCUT2D eigenvalue weighted by Gasteiger charge is 2.30. The minimum atomic E-state index is -4.11. The zero-order valence-corrected chi connectivity index (χ0v) is 19.4. The van der Waals surface area contributed by atoms with E-state index in [0.29, 0.717) is 24.1 Å². The molecule has 0 saturated carbocycles. The van der Waals surface area contributed by atoms with Crippen LogP contribution in [0, 0.1) is 19.7 Å². The molecule has 1 saturated heterocycles. The maximum absolute atomic E-state index is 14.3. The molecule has 2 heterocycles. The van der Waals surface area contributed by atoms with Crippen LogP contribution in [0.1, 0.15) is 61.7 Å². The van der Waals surface area contributed by atoms with Crippen molar-refractivity contribution in [1.29, 1.82) is 0 Å². The molecule has 1 aromatic carbocycles. The van der Waals surface area contributed by atoms with Gasteiger partial charge in [0.2, 0.25) is 15.8 Å². The Balaban J connectivity index is 1.76. The number of halogens is 1. The number of benzene rings is 1. The average Bonchev–Trinajstić information content (AvgIpc) is 3.11. The van der Waals surface area contributed by atoms with Gasteiger partial charge in [-0.2, -0.15) is 4.31 Å². The number of ketones is 1. The molecule has 0 bridgehead atoms. The highest BCUT2D eigenvalue weighted by molar-refractivity contribution is 7.89. The van der Waals surface area contributed by atoms with Crippen molar-refractivity contribution in [2.75, 3.05) is 26.8 Å². The zero-order chi connectivity index (χ0) is 24.3. The van der Waals surface area contributed by atoms with E-state index in [1.54, 1.807) is 13.8 Å². The molecule has 1 aliphatic rings. The number of ether oxygens (including phenoxy) is 2. The normalized spacial score (nSPS) is 14.7. The van der Waals surface area contributed by atoms with Gasteiger partial charge in [0.15, 0.2) is 6.61 Å². The lowest BCUT2D eigenvalue weighted by Crippen LogP contribution is -2.36. The molecule has 0 unspecified atom stereocenters. The Morgan fingerprint density at radius 3 is 2.39 bits per heavy atom. The third kappa shape index (κ3) is 4.98. The summed E-state index contributed by atoms with van der Waals surface area (Å²) in [5.74, 6) is -3.15. The van der Waals surface area contributed by atoms with Crippen LogP contribution in [0.15, 0.2) is 23.1 Å². The molecule has 1 fully saturated rings.